The summed E-state index contributed by atoms with van der Waals surface area (Å²) < 4.78 is 2.63. The molecule has 15 heavy (non-hydrogen) atoms. The minimum absolute atomic E-state index is 0.545. The van der Waals surface area contributed by atoms with Crippen molar-refractivity contribution < 1.29 is 0 Å². The van der Waals surface area contributed by atoms with Crippen molar-refractivity contribution in [3.05, 3.63) is 40.1 Å². The third-order valence-electron chi connectivity index (χ3n) is 2.26. The number of benzene rings is 1. The molecule has 0 spiro atoms. The lowest BCUT2D eigenvalue weighted by molar-refractivity contribution is 0.825. The molecule has 0 saturated heterocycles. The van der Waals surface area contributed by atoms with Crippen molar-refractivity contribution >= 4 is 34.9 Å². The lowest BCUT2D eigenvalue weighted by Gasteiger charge is -2.02. The van der Waals surface area contributed by atoms with E-state index in [9.17, 15) is 0 Å². The lowest BCUT2D eigenvalue weighted by Crippen LogP contribution is -1.97. The summed E-state index contributed by atoms with van der Waals surface area (Å²) in [6.07, 6.45) is 0. The van der Waals surface area contributed by atoms with Gasteiger partial charge in [0.2, 0.25) is 0 Å². The number of nitrogens with one attached hydrogen (secondary N) is 1. The van der Waals surface area contributed by atoms with Crippen molar-refractivity contribution in [2.24, 2.45) is 0 Å². The van der Waals surface area contributed by atoms with Crippen LogP contribution in [0.1, 0.15) is 5.56 Å². The maximum atomic E-state index is 5.81. The van der Waals surface area contributed by atoms with E-state index in [-0.39, 0.29) is 0 Å². The molecule has 2 nitrogen and oxygen atoms in total. The molecule has 4 heteroatoms. The number of hydrogen-bond donors (Lipinski definition) is 1. The van der Waals surface area contributed by atoms with E-state index in [0.717, 1.165) is 11.0 Å². The highest BCUT2D eigenvalue weighted by Crippen LogP contribution is 2.17. The van der Waals surface area contributed by atoms with E-state index in [1.807, 2.05) is 16.7 Å². The maximum Gasteiger partial charge on any atom is 0.178 e. The molecule has 2 rings (SSSR count). The summed E-state index contributed by atoms with van der Waals surface area (Å²) in [4.78, 5) is 3.14. The Balaban J connectivity index is 2.70. The number of aromatic nitrogens is 2. The summed E-state index contributed by atoms with van der Waals surface area (Å²) in [5.41, 5.74) is 3.30. The second-order valence-corrected chi connectivity index (χ2v) is 4.48. The SMILES string of the molecule is C=C(Cl)Cn1c(=S)[nH]c2ccc(C)cc21. The molecule has 0 radical (unpaired) electrons. The van der Waals surface area contributed by atoms with Crippen molar-refractivity contribution in [1.29, 1.82) is 0 Å². The zero-order chi connectivity index (χ0) is 11.0. The van der Waals surface area contributed by atoms with E-state index in [4.69, 9.17) is 23.8 Å². The molecule has 1 heterocycles. The zero-order valence-corrected chi connectivity index (χ0v) is 9.95. The van der Waals surface area contributed by atoms with Crippen LogP contribution in [0, 0.1) is 11.7 Å². The molecule has 0 aliphatic heterocycles. The van der Waals surface area contributed by atoms with Gasteiger partial charge in [0.1, 0.15) is 0 Å². The number of aromatic amines is 1. The second kappa shape index (κ2) is 3.83. The number of hydrogen-bond acceptors (Lipinski definition) is 1. The van der Waals surface area contributed by atoms with E-state index >= 15 is 0 Å². The number of allylic oxidation sites excluding steroid dienone is 1. The molecule has 78 valence electrons. The molecule has 0 saturated carbocycles. The normalized spacial score (nSPS) is 10.8. The largest absolute Gasteiger partial charge is 0.331 e. The first-order valence-corrected chi connectivity index (χ1v) is 5.39. The fourth-order valence-electron chi connectivity index (χ4n) is 1.59. The van der Waals surface area contributed by atoms with Gasteiger partial charge in [0.15, 0.2) is 4.77 Å². The van der Waals surface area contributed by atoms with Gasteiger partial charge in [-0.15, -0.1) is 0 Å². The molecular weight excluding hydrogens is 228 g/mol. The topological polar surface area (TPSA) is 20.7 Å². The van der Waals surface area contributed by atoms with Gasteiger partial charge < -0.3 is 9.55 Å². The Morgan fingerprint density at radius 2 is 2.33 bits per heavy atom. The first-order chi connectivity index (χ1) is 7.08. The predicted molar refractivity (Wildman–Crippen MR) is 66.9 cm³/mol. The van der Waals surface area contributed by atoms with Crippen molar-refractivity contribution in [3.63, 3.8) is 0 Å². The van der Waals surface area contributed by atoms with Gasteiger partial charge in [0.25, 0.3) is 0 Å². The molecule has 1 aromatic carbocycles. The molecule has 0 atom stereocenters. The number of halogens is 1. The molecule has 0 aliphatic rings. The van der Waals surface area contributed by atoms with Crippen LogP contribution in [-0.4, -0.2) is 9.55 Å². The number of rotatable bonds is 2. The van der Waals surface area contributed by atoms with Crippen molar-refractivity contribution in [3.8, 4) is 0 Å². The third kappa shape index (κ3) is 1.98. The quantitative estimate of drug-likeness (QED) is 0.791. The molecule has 1 N–H and O–H groups in total. The Morgan fingerprint density at radius 3 is 3.00 bits per heavy atom. The Morgan fingerprint density at radius 1 is 1.60 bits per heavy atom. The predicted octanol–water partition coefficient (Wildman–Crippen LogP) is 3.76. The fourth-order valence-corrected chi connectivity index (χ4v) is 1.98. The Hall–Kier alpha value is -1.06. The standard InChI is InChI=1S/C11H11ClN2S/c1-7-3-4-9-10(5-7)14(6-8(2)12)11(15)13-9/h3-5H,2,6H2,1H3,(H,13,15). The molecule has 1 aromatic heterocycles. The minimum atomic E-state index is 0.545. The summed E-state index contributed by atoms with van der Waals surface area (Å²) in [7, 11) is 0. The number of H-pyrrole nitrogens is 1. The summed E-state index contributed by atoms with van der Waals surface area (Å²) in [5.74, 6) is 0. The van der Waals surface area contributed by atoms with E-state index in [1.165, 1.54) is 5.56 Å². The van der Waals surface area contributed by atoms with Gasteiger partial charge >= 0.3 is 0 Å². The van der Waals surface area contributed by atoms with Crippen molar-refractivity contribution in [2.75, 3.05) is 0 Å². The van der Waals surface area contributed by atoms with Gasteiger partial charge in [-0.2, -0.15) is 0 Å². The van der Waals surface area contributed by atoms with Gasteiger partial charge in [-0.1, -0.05) is 24.2 Å². The van der Waals surface area contributed by atoms with Crippen LogP contribution in [0.15, 0.2) is 29.8 Å². The van der Waals surface area contributed by atoms with Crippen LogP contribution in [0.5, 0.6) is 0 Å². The van der Waals surface area contributed by atoms with Crippen LogP contribution in [0.4, 0.5) is 0 Å². The fraction of sp³-hybridized carbons (Fsp3) is 0.182. The van der Waals surface area contributed by atoms with Crippen molar-refractivity contribution in [2.45, 2.75) is 13.5 Å². The second-order valence-electron chi connectivity index (χ2n) is 3.55. The first kappa shape index (κ1) is 10.5. The average Bonchev–Trinajstić information content (AvgIpc) is 2.43. The van der Waals surface area contributed by atoms with Crippen molar-refractivity contribution in [1.82, 2.24) is 9.55 Å². The molecule has 0 aliphatic carbocycles. The average molecular weight is 239 g/mol. The summed E-state index contributed by atoms with van der Waals surface area (Å²) in [6, 6.07) is 6.16. The highest BCUT2D eigenvalue weighted by molar-refractivity contribution is 7.71. The van der Waals surface area contributed by atoms with Crippen LogP contribution in [0.3, 0.4) is 0 Å². The lowest BCUT2D eigenvalue weighted by atomic mass is 10.2. The number of fused-ring (bicyclic) bond motifs is 1. The van der Waals surface area contributed by atoms with Crippen LogP contribution in [0.2, 0.25) is 0 Å². The van der Waals surface area contributed by atoms with Gasteiger partial charge in [0, 0.05) is 5.03 Å². The van der Waals surface area contributed by atoms with Gasteiger partial charge in [-0.05, 0) is 36.8 Å². The summed E-state index contributed by atoms with van der Waals surface area (Å²) in [5, 5.41) is 0.577. The van der Waals surface area contributed by atoms with Crippen LogP contribution >= 0.6 is 23.8 Å². The maximum absolute atomic E-state index is 5.81. The van der Waals surface area contributed by atoms with Gasteiger partial charge in [-0.3, -0.25) is 0 Å². The third-order valence-corrected chi connectivity index (χ3v) is 2.70. The van der Waals surface area contributed by atoms with Crippen LogP contribution in [0.25, 0.3) is 11.0 Å². The molecular formula is C11H11ClN2S. The van der Waals surface area contributed by atoms with Gasteiger partial charge in [0.05, 0.1) is 17.6 Å². The number of nitrogens with zero attached hydrogens (tertiary/aromatic N) is 1. The van der Waals surface area contributed by atoms with E-state index in [0.29, 0.717) is 16.3 Å². The van der Waals surface area contributed by atoms with E-state index in [2.05, 4.69) is 24.6 Å². The van der Waals surface area contributed by atoms with E-state index in [1.54, 1.807) is 0 Å². The zero-order valence-electron chi connectivity index (χ0n) is 8.38. The minimum Gasteiger partial charge on any atom is -0.331 e. The monoisotopic (exact) mass is 238 g/mol. The van der Waals surface area contributed by atoms with E-state index < -0.39 is 0 Å². The summed E-state index contributed by atoms with van der Waals surface area (Å²) >= 11 is 11.0. The first-order valence-electron chi connectivity index (χ1n) is 4.60. The summed E-state index contributed by atoms with van der Waals surface area (Å²) in [6.45, 7) is 6.28. The Bertz CT molecular complexity index is 580. The molecule has 0 amide bonds. The number of imidazole rings is 1. The smallest absolute Gasteiger partial charge is 0.178 e. The molecule has 2 aromatic rings. The Kier molecular flexibility index (Phi) is 2.67. The Labute approximate surface area is 98.2 Å². The van der Waals surface area contributed by atoms with Crippen LogP contribution in [-0.2, 0) is 6.54 Å². The van der Waals surface area contributed by atoms with Gasteiger partial charge in [-0.25, -0.2) is 0 Å². The molecule has 0 bridgehead atoms. The highest BCUT2D eigenvalue weighted by Gasteiger charge is 2.04. The van der Waals surface area contributed by atoms with Crippen LogP contribution < -0.4 is 0 Å². The molecule has 0 fully saturated rings. The highest BCUT2D eigenvalue weighted by atomic mass is 35.5. The number of aryl methyl sites for hydroxylation is 1. The molecule has 0 unspecified atom stereocenters.